The van der Waals surface area contributed by atoms with E-state index in [0.717, 1.165) is 18.4 Å². The van der Waals surface area contributed by atoms with E-state index in [2.05, 4.69) is 4.90 Å². The lowest BCUT2D eigenvalue weighted by Gasteiger charge is -2.32. The molecule has 2 N–H and O–H groups in total. The van der Waals surface area contributed by atoms with Gasteiger partial charge in [0.05, 0.1) is 0 Å². The summed E-state index contributed by atoms with van der Waals surface area (Å²) in [5.41, 5.74) is 5.79. The first-order valence-electron chi connectivity index (χ1n) is 6.31. The second-order valence-electron chi connectivity index (χ2n) is 5.15. The lowest BCUT2D eigenvalue weighted by Crippen LogP contribution is -2.37. The predicted molar refractivity (Wildman–Crippen MR) is 60.2 cm³/mol. The molecule has 14 heavy (non-hydrogen) atoms. The van der Waals surface area contributed by atoms with E-state index in [9.17, 15) is 0 Å². The van der Waals surface area contributed by atoms with Gasteiger partial charge in [0, 0.05) is 13.1 Å². The first kappa shape index (κ1) is 10.4. The largest absolute Gasteiger partial charge is 0.330 e. The summed E-state index contributed by atoms with van der Waals surface area (Å²) in [7, 11) is 0. The van der Waals surface area contributed by atoms with Gasteiger partial charge in [0.1, 0.15) is 0 Å². The summed E-state index contributed by atoms with van der Waals surface area (Å²) in [5, 5.41) is 0. The molecule has 1 aliphatic heterocycles. The van der Waals surface area contributed by atoms with Crippen LogP contribution in [0.1, 0.15) is 38.5 Å². The van der Waals surface area contributed by atoms with Gasteiger partial charge in [-0.1, -0.05) is 12.8 Å². The number of nitrogens with two attached hydrogens (primary N) is 1. The Morgan fingerprint density at radius 3 is 2.43 bits per heavy atom. The van der Waals surface area contributed by atoms with E-state index < -0.39 is 0 Å². The van der Waals surface area contributed by atoms with Crippen LogP contribution in [-0.2, 0) is 0 Å². The van der Waals surface area contributed by atoms with Gasteiger partial charge in [0.2, 0.25) is 0 Å². The average Bonchev–Trinajstić information content (AvgIpc) is 2.36. The minimum Gasteiger partial charge on any atom is -0.330 e. The Balaban J connectivity index is 1.76. The van der Waals surface area contributed by atoms with Gasteiger partial charge < -0.3 is 10.6 Å². The highest BCUT2D eigenvalue weighted by Gasteiger charge is 2.23. The van der Waals surface area contributed by atoms with Gasteiger partial charge in [-0.25, -0.2) is 0 Å². The molecule has 1 aliphatic carbocycles. The van der Waals surface area contributed by atoms with Gasteiger partial charge in [0.15, 0.2) is 0 Å². The highest BCUT2D eigenvalue weighted by atomic mass is 15.1. The minimum absolute atomic E-state index is 0.776. The third-order valence-corrected chi connectivity index (χ3v) is 3.93. The second-order valence-corrected chi connectivity index (χ2v) is 5.15. The van der Waals surface area contributed by atoms with Crippen LogP contribution in [-0.4, -0.2) is 31.1 Å². The molecule has 2 heteroatoms. The van der Waals surface area contributed by atoms with Crippen LogP contribution in [0.25, 0.3) is 0 Å². The van der Waals surface area contributed by atoms with Crippen molar-refractivity contribution in [3.8, 4) is 0 Å². The molecule has 2 rings (SSSR count). The Hall–Kier alpha value is -0.0800. The van der Waals surface area contributed by atoms with E-state index >= 15 is 0 Å². The van der Waals surface area contributed by atoms with E-state index in [1.165, 1.54) is 58.2 Å². The van der Waals surface area contributed by atoms with Gasteiger partial charge in [0.25, 0.3) is 0 Å². The van der Waals surface area contributed by atoms with Crippen LogP contribution in [0.5, 0.6) is 0 Å². The normalized spacial score (nSPS) is 31.1. The van der Waals surface area contributed by atoms with E-state index in [-0.39, 0.29) is 0 Å². The number of hydrogen-bond acceptors (Lipinski definition) is 2. The Labute approximate surface area is 87.8 Å². The minimum atomic E-state index is 0.776. The van der Waals surface area contributed by atoms with Crippen molar-refractivity contribution in [1.82, 2.24) is 4.90 Å². The summed E-state index contributed by atoms with van der Waals surface area (Å²) >= 11 is 0. The van der Waals surface area contributed by atoms with Crippen molar-refractivity contribution in [2.75, 3.05) is 26.2 Å². The van der Waals surface area contributed by atoms with Crippen LogP contribution in [0.3, 0.4) is 0 Å². The fourth-order valence-corrected chi connectivity index (χ4v) is 2.71. The molecule has 1 saturated heterocycles. The molecule has 0 radical (unpaired) electrons. The topological polar surface area (TPSA) is 29.3 Å². The molecule has 0 bridgehead atoms. The monoisotopic (exact) mass is 196 g/mol. The zero-order valence-corrected chi connectivity index (χ0v) is 9.25. The molecule has 0 aromatic heterocycles. The van der Waals surface area contributed by atoms with Gasteiger partial charge in [-0.15, -0.1) is 0 Å². The molecule has 1 atom stereocenters. The predicted octanol–water partition coefficient (Wildman–Crippen LogP) is 1.85. The molecule has 2 fully saturated rings. The first-order valence-corrected chi connectivity index (χ1v) is 6.31. The van der Waals surface area contributed by atoms with Gasteiger partial charge >= 0.3 is 0 Å². The number of hydrogen-bond donors (Lipinski definition) is 1. The quantitative estimate of drug-likeness (QED) is 0.746. The molecule has 0 aromatic carbocycles. The van der Waals surface area contributed by atoms with E-state index in [1.807, 2.05) is 0 Å². The van der Waals surface area contributed by atoms with Crippen LogP contribution >= 0.6 is 0 Å². The standard InChI is InChI=1S/C12H24N2/c13-8-12-4-1-2-7-14(10-12)9-11-5-3-6-11/h11-12H,1-10,13H2. The lowest BCUT2D eigenvalue weighted by atomic mass is 9.85. The fourth-order valence-electron chi connectivity index (χ4n) is 2.71. The number of rotatable bonds is 3. The summed E-state index contributed by atoms with van der Waals surface area (Å²) in [6.45, 7) is 4.84. The Bertz CT molecular complexity index is 166. The fraction of sp³-hybridized carbons (Fsp3) is 1.00. The molecule has 1 unspecified atom stereocenters. The number of nitrogens with zero attached hydrogens (tertiary/aromatic N) is 1. The highest BCUT2D eigenvalue weighted by molar-refractivity contribution is 4.77. The van der Waals surface area contributed by atoms with E-state index in [1.54, 1.807) is 0 Å². The maximum Gasteiger partial charge on any atom is 0.00218 e. The molecule has 1 saturated carbocycles. The molecule has 1 heterocycles. The first-order chi connectivity index (χ1) is 6.88. The number of likely N-dealkylation sites (tertiary alicyclic amines) is 1. The van der Waals surface area contributed by atoms with Crippen molar-refractivity contribution in [1.29, 1.82) is 0 Å². The SMILES string of the molecule is NCC1CCCCN(CC2CCC2)C1. The smallest absolute Gasteiger partial charge is 0.00218 e. The third kappa shape index (κ3) is 2.71. The summed E-state index contributed by atoms with van der Waals surface area (Å²) in [6.07, 6.45) is 8.57. The Kier molecular flexibility index (Phi) is 3.82. The summed E-state index contributed by atoms with van der Waals surface area (Å²) in [4.78, 5) is 2.67. The summed E-state index contributed by atoms with van der Waals surface area (Å²) in [5.74, 6) is 1.80. The molecule has 82 valence electrons. The maximum atomic E-state index is 5.79. The molecular weight excluding hydrogens is 172 g/mol. The van der Waals surface area contributed by atoms with E-state index in [0.29, 0.717) is 0 Å². The van der Waals surface area contributed by atoms with Crippen LogP contribution < -0.4 is 5.73 Å². The second kappa shape index (κ2) is 5.13. The maximum absolute atomic E-state index is 5.79. The molecule has 0 aromatic rings. The molecule has 0 amide bonds. The van der Waals surface area contributed by atoms with Crippen molar-refractivity contribution < 1.29 is 0 Å². The van der Waals surface area contributed by atoms with Crippen LogP contribution in [0.4, 0.5) is 0 Å². The highest BCUT2D eigenvalue weighted by Crippen LogP contribution is 2.28. The summed E-state index contributed by atoms with van der Waals surface area (Å²) in [6, 6.07) is 0. The van der Waals surface area contributed by atoms with Crippen molar-refractivity contribution in [3.63, 3.8) is 0 Å². The van der Waals surface area contributed by atoms with Crippen molar-refractivity contribution in [2.45, 2.75) is 38.5 Å². The lowest BCUT2D eigenvalue weighted by molar-refractivity contribution is 0.168. The van der Waals surface area contributed by atoms with E-state index in [4.69, 9.17) is 5.73 Å². The van der Waals surface area contributed by atoms with Gasteiger partial charge in [-0.05, 0) is 50.6 Å². The molecule has 0 spiro atoms. The molecule has 2 aliphatic rings. The van der Waals surface area contributed by atoms with Crippen LogP contribution in [0, 0.1) is 11.8 Å². The van der Waals surface area contributed by atoms with Gasteiger partial charge in [-0.3, -0.25) is 0 Å². The Morgan fingerprint density at radius 1 is 1.00 bits per heavy atom. The van der Waals surface area contributed by atoms with Gasteiger partial charge in [-0.2, -0.15) is 0 Å². The molecule has 2 nitrogen and oxygen atoms in total. The van der Waals surface area contributed by atoms with Crippen molar-refractivity contribution in [2.24, 2.45) is 17.6 Å². The van der Waals surface area contributed by atoms with Crippen molar-refractivity contribution >= 4 is 0 Å². The molecular formula is C12H24N2. The summed E-state index contributed by atoms with van der Waals surface area (Å²) < 4.78 is 0. The third-order valence-electron chi connectivity index (χ3n) is 3.93. The van der Waals surface area contributed by atoms with Crippen LogP contribution in [0.15, 0.2) is 0 Å². The van der Waals surface area contributed by atoms with Crippen LogP contribution in [0.2, 0.25) is 0 Å². The Morgan fingerprint density at radius 2 is 1.79 bits per heavy atom. The van der Waals surface area contributed by atoms with Crippen molar-refractivity contribution in [3.05, 3.63) is 0 Å². The zero-order chi connectivity index (χ0) is 9.80. The average molecular weight is 196 g/mol. The zero-order valence-electron chi connectivity index (χ0n) is 9.25.